The second kappa shape index (κ2) is 22.1. The summed E-state index contributed by atoms with van der Waals surface area (Å²) in [6.45, 7) is 3.49. The van der Waals surface area contributed by atoms with Crippen molar-refractivity contribution in [2.75, 3.05) is 13.2 Å². The number of nitrogens with one attached hydrogen (secondary N) is 1. The molecule has 0 aromatic heterocycles. The number of allylic oxidation sites excluding steroid dienone is 5. The van der Waals surface area contributed by atoms with Gasteiger partial charge in [0.05, 0.1) is 25.4 Å². The summed E-state index contributed by atoms with van der Waals surface area (Å²) >= 11 is 0. The van der Waals surface area contributed by atoms with Gasteiger partial charge in [0.2, 0.25) is 5.91 Å². The van der Waals surface area contributed by atoms with Gasteiger partial charge in [-0.2, -0.15) is 0 Å². The van der Waals surface area contributed by atoms with Crippen molar-refractivity contribution in [3.8, 4) is 0 Å². The Hall–Kier alpha value is -1.59. The molecule has 6 N–H and O–H groups in total. The molecule has 1 rings (SSSR count). The molecular weight excluding hydrogens is 502 g/mol. The highest BCUT2D eigenvalue weighted by Crippen LogP contribution is 2.22. The number of unbranched alkanes of at least 4 members (excludes halogenated alkanes) is 7. The SMILES string of the molecule is CC/C=C/CC/C=C/CC/C=C/C(O)C(COC1OC(CO)C(O)C(O)C1O)NC(=O)CCCCCCCC. The summed E-state index contributed by atoms with van der Waals surface area (Å²) in [6.07, 6.45) is 15.2. The van der Waals surface area contributed by atoms with Gasteiger partial charge in [-0.1, -0.05) is 82.4 Å². The molecular formula is C30H53NO8. The quantitative estimate of drug-likeness (QED) is 0.0935. The Labute approximate surface area is 234 Å². The molecule has 7 atom stereocenters. The highest BCUT2D eigenvalue weighted by molar-refractivity contribution is 5.76. The molecule has 0 saturated carbocycles. The normalized spacial score (nSPS) is 25.6. The number of ether oxygens (including phenoxy) is 2. The third-order valence-corrected chi connectivity index (χ3v) is 6.71. The summed E-state index contributed by atoms with van der Waals surface area (Å²) in [7, 11) is 0. The zero-order chi connectivity index (χ0) is 28.9. The summed E-state index contributed by atoms with van der Waals surface area (Å²) < 4.78 is 11.0. The van der Waals surface area contributed by atoms with Crippen LogP contribution in [0.15, 0.2) is 36.5 Å². The summed E-state index contributed by atoms with van der Waals surface area (Å²) in [6, 6.07) is -0.817. The number of aliphatic hydroxyl groups is 5. The number of hydrogen-bond donors (Lipinski definition) is 6. The van der Waals surface area contributed by atoms with Crippen molar-refractivity contribution in [3.05, 3.63) is 36.5 Å². The average Bonchev–Trinajstić information content (AvgIpc) is 2.93. The Morgan fingerprint density at radius 1 is 0.872 bits per heavy atom. The van der Waals surface area contributed by atoms with Crippen LogP contribution in [0.1, 0.15) is 90.9 Å². The van der Waals surface area contributed by atoms with E-state index in [2.05, 4.69) is 43.5 Å². The first-order chi connectivity index (χ1) is 18.8. The van der Waals surface area contributed by atoms with Crippen molar-refractivity contribution in [1.29, 1.82) is 0 Å². The Bertz CT molecular complexity index is 711. The minimum Gasteiger partial charge on any atom is -0.394 e. The third-order valence-electron chi connectivity index (χ3n) is 6.71. The molecule has 226 valence electrons. The van der Waals surface area contributed by atoms with Crippen molar-refractivity contribution in [1.82, 2.24) is 5.32 Å². The van der Waals surface area contributed by atoms with Crippen LogP contribution < -0.4 is 5.32 Å². The Morgan fingerprint density at radius 3 is 2.13 bits per heavy atom. The van der Waals surface area contributed by atoms with E-state index in [1.165, 1.54) is 6.42 Å². The Morgan fingerprint density at radius 2 is 1.49 bits per heavy atom. The van der Waals surface area contributed by atoms with Gasteiger partial charge in [-0.05, 0) is 38.5 Å². The lowest BCUT2D eigenvalue weighted by molar-refractivity contribution is -0.302. The van der Waals surface area contributed by atoms with Crippen LogP contribution in [0.5, 0.6) is 0 Å². The van der Waals surface area contributed by atoms with Crippen LogP contribution in [0.25, 0.3) is 0 Å². The van der Waals surface area contributed by atoms with Crippen molar-refractivity contribution in [3.63, 3.8) is 0 Å². The number of amides is 1. The van der Waals surface area contributed by atoms with E-state index >= 15 is 0 Å². The summed E-state index contributed by atoms with van der Waals surface area (Å²) in [5, 5.41) is 53.2. The highest BCUT2D eigenvalue weighted by Gasteiger charge is 2.44. The fourth-order valence-electron chi connectivity index (χ4n) is 4.25. The van der Waals surface area contributed by atoms with Crippen LogP contribution in [-0.2, 0) is 14.3 Å². The largest absolute Gasteiger partial charge is 0.394 e. The van der Waals surface area contributed by atoms with E-state index in [0.29, 0.717) is 6.42 Å². The molecule has 9 nitrogen and oxygen atoms in total. The van der Waals surface area contributed by atoms with Crippen molar-refractivity contribution >= 4 is 5.91 Å². The molecule has 0 aromatic rings. The van der Waals surface area contributed by atoms with Crippen LogP contribution in [0.4, 0.5) is 0 Å². The molecule has 0 spiro atoms. The number of aliphatic hydroxyl groups excluding tert-OH is 5. The molecule has 39 heavy (non-hydrogen) atoms. The second-order valence-corrected chi connectivity index (χ2v) is 10.1. The van der Waals surface area contributed by atoms with Gasteiger partial charge in [0.1, 0.15) is 24.4 Å². The zero-order valence-electron chi connectivity index (χ0n) is 23.9. The van der Waals surface area contributed by atoms with E-state index in [-0.39, 0.29) is 12.5 Å². The topological polar surface area (TPSA) is 149 Å². The van der Waals surface area contributed by atoms with Crippen molar-refractivity contribution in [2.24, 2.45) is 0 Å². The second-order valence-electron chi connectivity index (χ2n) is 10.1. The van der Waals surface area contributed by atoms with Gasteiger partial charge in [0.15, 0.2) is 6.29 Å². The van der Waals surface area contributed by atoms with E-state index in [0.717, 1.165) is 64.2 Å². The van der Waals surface area contributed by atoms with Gasteiger partial charge in [-0.15, -0.1) is 0 Å². The molecule has 1 saturated heterocycles. The smallest absolute Gasteiger partial charge is 0.220 e. The summed E-state index contributed by atoms with van der Waals surface area (Å²) in [5.74, 6) is -0.208. The van der Waals surface area contributed by atoms with Gasteiger partial charge in [0, 0.05) is 6.42 Å². The summed E-state index contributed by atoms with van der Waals surface area (Å²) in [4.78, 5) is 12.6. The maximum atomic E-state index is 12.6. The lowest BCUT2D eigenvalue weighted by Crippen LogP contribution is -2.60. The first-order valence-corrected chi connectivity index (χ1v) is 14.7. The molecule has 1 heterocycles. The van der Waals surface area contributed by atoms with Crippen molar-refractivity contribution in [2.45, 2.75) is 134 Å². The predicted molar refractivity (Wildman–Crippen MR) is 152 cm³/mol. The molecule has 1 fully saturated rings. The standard InChI is InChI=1S/C30H53NO8/c1-3-5-7-9-11-12-13-14-15-17-19-24(33)23(31-26(34)20-18-16-10-8-6-4-2)22-38-30-29(37)28(36)27(35)25(21-32)39-30/h5,7,12-13,17,19,23-25,27-30,32-33,35-37H,3-4,6,8-11,14-16,18,20-22H2,1-2H3,(H,31,34)/b7-5+,13-12+,19-17+. The van der Waals surface area contributed by atoms with Crippen molar-refractivity contribution < 1.29 is 39.8 Å². The van der Waals surface area contributed by atoms with Crippen LogP contribution in [0, 0.1) is 0 Å². The number of rotatable bonds is 21. The first-order valence-electron chi connectivity index (χ1n) is 14.7. The van der Waals surface area contributed by atoms with E-state index in [1.54, 1.807) is 6.08 Å². The highest BCUT2D eigenvalue weighted by atomic mass is 16.7. The average molecular weight is 556 g/mol. The molecule has 7 unspecified atom stereocenters. The zero-order valence-corrected chi connectivity index (χ0v) is 23.9. The van der Waals surface area contributed by atoms with Crippen LogP contribution in [0.3, 0.4) is 0 Å². The maximum Gasteiger partial charge on any atom is 0.220 e. The van der Waals surface area contributed by atoms with E-state index < -0.39 is 49.5 Å². The number of carbonyl (C=O) groups is 1. The molecule has 0 bridgehead atoms. The molecule has 1 amide bonds. The van der Waals surface area contributed by atoms with Gasteiger partial charge >= 0.3 is 0 Å². The van der Waals surface area contributed by atoms with Gasteiger partial charge in [-0.25, -0.2) is 0 Å². The van der Waals surface area contributed by atoms with Crippen LogP contribution >= 0.6 is 0 Å². The fraction of sp³-hybridized carbons (Fsp3) is 0.767. The first kappa shape index (κ1) is 35.4. The lowest BCUT2D eigenvalue weighted by Gasteiger charge is -2.40. The third kappa shape index (κ3) is 15.1. The van der Waals surface area contributed by atoms with Gasteiger partial charge in [-0.3, -0.25) is 4.79 Å². The Kier molecular flexibility index (Phi) is 20.1. The molecule has 0 aliphatic carbocycles. The van der Waals surface area contributed by atoms with E-state index in [4.69, 9.17) is 9.47 Å². The number of carbonyl (C=O) groups excluding carboxylic acids is 1. The number of hydrogen-bond acceptors (Lipinski definition) is 8. The van der Waals surface area contributed by atoms with E-state index in [9.17, 15) is 30.3 Å². The maximum absolute atomic E-state index is 12.6. The van der Waals surface area contributed by atoms with E-state index in [1.807, 2.05) is 6.08 Å². The van der Waals surface area contributed by atoms with Crippen LogP contribution in [-0.4, -0.2) is 87.5 Å². The molecule has 1 aliphatic rings. The van der Waals surface area contributed by atoms with Gasteiger partial charge < -0.3 is 40.3 Å². The molecule has 9 heteroatoms. The molecule has 1 aliphatic heterocycles. The summed E-state index contributed by atoms with van der Waals surface area (Å²) in [5.41, 5.74) is 0. The Balaban J connectivity index is 2.65. The lowest BCUT2D eigenvalue weighted by atomic mass is 9.99. The monoisotopic (exact) mass is 555 g/mol. The van der Waals surface area contributed by atoms with Gasteiger partial charge in [0.25, 0.3) is 0 Å². The molecule has 0 aromatic carbocycles. The molecule has 0 radical (unpaired) electrons. The fourth-order valence-corrected chi connectivity index (χ4v) is 4.25. The minimum absolute atomic E-state index is 0.207. The minimum atomic E-state index is -1.57. The van der Waals surface area contributed by atoms with Crippen LogP contribution in [0.2, 0.25) is 0 Å². The predicted octanol–water partition coefficient (Wildman–Crippen LogP) is 3.04.